The first kappa shape index (κ1) is 25.9. The number of hydrogen-bond donors (Lipinski definition) is 3. The summed E-state index contributed by atoms with van der Waals surface area (Å²) in [5, 5.41) is 7.07. The molecule has 34 heavy (non-hydrogen) atoms. The molecule has 0 spiro atoms. The molecule has 5 nitrogen and oxygen atoms in total. The normalized spacial score (nSPS) is 20.1. The van der Waals surface area contributed by atoms with Gasteiger partial charge in [-0.05, 0) is 46.5 Å². The zero-order valence-corrected chi connectivity index (χ0v) is 21.8. The second kappa shape index (κ2) is 9.88. The lowest BCUT2D eigenvalue weighted by molar-refractivity contribution is 0.382. The molecule has 0 radical (unpaired) electrons. The summed E-state index contributed by atoms with van der Waals surface area (Å²) >= 11 is 5.61. The van der Waals surface area contributed by atoms with E-state index in [1.807, 2.05) is 31.2 Å². The monoisotopic (exact) mass is 501 g/mol. The minimum absolute atomic E-state index is 0.0450. The minimum atomic E-state index is -3.59. The minimum Gasteiger partial charge on any atom is -0.359 e. The van der Waals surface area contributed by atoms with Crippen molar-refractivity contribution in [2.75, 3.05) is 11.0 Å². The molecule has 2 atom stereocenters. The van der Waals surface area contributed by atoms with Gasteiger partial charge in [0.1, 0.15) is 5.82 Å². The van der Waals surface area contributed by atoms with Crippen molar-refractivity contribution < 1.29 is 12.8 Å². The highest BCUT2D eigenvalue weighted by atomic mass is 32.2. The number of nitrogens with one attached hydrogen (secondary N) is 3. The third-order valence-corrected chi connectivity index (χ3v) is 6.76. The van der Waals surface area contributed by atoms with Crippen molar-refractivity contribution >= 4 is 33.0 Å². The maximum atomic E-state index is 14.8. The van der Waals surface area contributed by atoms with Crippen molar-refractivity contribution in [3.63, 3.8) is 0 Å². The quantitative estimate of drug-likeness (QED) is 0.480. The topological polar surface area (TPSA) is 70.2 Å². The number of benzene rings is 2. The molecule has 2 aromatic carbocycles. The van der Waals surface area contributed by atoms with Gasteiger partial charge in [0.15, 0.2) is 5.11 Å². The van der Waals surface area contributed by atoms with E-state index in [4.69, 9.17) is 12.2 Å². The van der Waals surface area contributed by atoms with Crippen LogP contribution in [0.5, 0.6) is 0 Å². The van der Waals surface area contributed by atoms with Crippen LogP contribution >= 0.6 is 12.2 Å². The fourth-order valence-electron chi connectivity index (χ4n) is 3.92. The first-order chi connectivity index (χ1) is 15.8. The first-order valence-electron chi connectivity index (χ1n) is 11.1. The summed E-state index contributed by atoms with van der Waals surface area (Å²) in [5.74, 6) is -0.700. The zero-order chi connectivity index (χ0) is 25.1. The van der Waals surface area contributed by atoms with Crippen LogP contribution in [-0.2, 0) is 27.5 Å². The van der Waals surface area contributed by atoms with Crippen molar-refractivity contribution in [3.8, 4) is 0 Å². The van der Waals surface area contributed by atoms with Crippen molar-refractivity contribution in [2.45, 2.75) is 45.2 Å². The van der Waals surface area contributed by atoms with E-state index in [9.17, 15) is 12.8 Å². The van der Waals surface area contributed by atoms with Gasteiger partial charge in [0.2, 0.25) is 10.0 Å². The van der Waals surface area contributed by atoms with Gasteiger partial charge in [-0.25, -0.2) is 12.8 Å². The Morgan fingerprint density at radius 1 is 1.12 bits per heavy atom. The summed E-state index contributed by atoms with van der Waals surface area (Å²) in [5.41, 5.74) is 2.20. The summed E-state index contributed by atoms with van der Waals surface area (Å²) in [6, 6.07) is 12.9. The summed E-state index contributed by atoms with van der Waals surface area (Å²) < 4.78 is 40.1. The van der Waals surface area contributed by atoms with Gasteiger partial charge in [-0.2, -0.15) is 0 Å². The van der Waals surface area contributed by atoms with Crippen LogP contribution in [0.4, 0.5) is 10.1 Å². The Morgan fingerprint density at radius 2 is 1.79 bits per heavy atom. The molecule has 2 unspecified atom stereocenters. The van der Waals surface area contributed by atoms with Crippen LogP contribution in [0.15, 0.2) is 66.8 Å². The van der Waals surface area contributed by atoms with E-state index >= 15 is 0 Å². The average Bonchev–Trinajstić information content (AvgIpc) is 2.74. The molecule has 1 aliphatic rings. The van der Waals surface area contributed by atoms with Crippen LogP contribution in [0.3, 0.4) is 0 Å². The van der Waals surface area contributed by atoms with Gasteiger partial charge in [0.05, 0.1) is 17.5 Å². The van der Waals surface area contributed by atoms with E-state index in [2.05, 4.69) is 60.4 Å². The van der Waals surface area contributed by atoms with E-state index in [0.717, 1.165) is 11.8 Å². The number of sulfonamides is 1. The van der Waals surface area contributed by atoms with Crippen molar-refractivity contribution in [1.29, 1.82) is 0 Å². The molecular formula is C26H32FN3O2S2. The maximum absolute atomic E-state index is 14.8. The number of anilines is 1. The smallest absolute Gasteiger partial charge is 0.229 e. The summed E-state index contributed by atoms with van der Waals surface area (Å²) in [6.07, 6.45) is 8.78. The fraction of sp³-hybridized carbons (Fsp3) is 0.346. The lowest BCUT2D eigenvalue weighted by Crippen LogP contribution is -2.52. The molecule has 3 rings (SSSR count). The molecule has 1 aliphatic carbocycles. The highest BCUT2D eigenvalue weighted by molar-refractivity contribution is 7.92. The Bertz CT molecular complexity index is 1220. The number of halogens is 1. The molecule has 0 fully saturated rings. The Kier molecular flexibility index (Phi) is 7.53. The molecular weight excluding hydrogens is 469 g/mol. The Hall–Kier alpha value is -2.71. The molecule has 182 valence electrons. The van der Waals surface area contributed by atoms with Crippen LogP contribution < -0.4 is 15.4 Å². The van der Waals surface area contributed by atoms with Gasteiger partial charge in [0.25, 0.3) is 0 Å². The molecule has 0 saturated carbocycles. The van der Waals surface area contributed by atoms with Crippen molar-refractivity contribution in [1.82, 2.24) is 10.6 Å². The van der Waals surface area contributed by atoms with E-state index in [-0.39, 0.29) is 17.0 Å². The zero-order valence-electron chi connectivity index (χ0n) is 20.1. The Balaban J connectivity index is 1.79. The van der Waals surface area contributed by atoms with Gasteiger partial charge in [-0.3, -0.25) is 4.72 Å². The van der Waals surface area contributed by atoms with Crippen LogP contribution in [-0.4, -0.2) is 19.8 Å². The van der Waals surface area contributed by atoms with Gasteiger partial charge in [-0.1, -0.05) is 82.3 Å². The lowest BCUT2D eigenvalue weighted by Gasteiger charge is -2.39. The molecule has 0 bridgehead atoms. The van der Waals surface area contributed by atoms with E-state index < -0.39 is 21.4 Å². The molecule has 2 aromatic rings. The van der Waals surface area contributed by atoms with E-state index in [1.54, 1.807) is 6.07 Å². The molecule has 0 aliphatic heterocycles. The molecule has 0 saturated heterocycles. The van der Waals surface area contributed by atoms with Crippen LogP contribution in [0.25, 0.3) is 0 Å². The summed E-state index contributed by atoms with van der Waals surface area (Å²) in [4.78, 5) is 0. The third kappa shape index (κ3) is 6.24. The Labute approximate surface area is 207 Å². The summed E-state index contributed by atoms with van der Waals surface area (Å²) in [7, 11) is -3.59. The van der Waals surface area contributed by atoms with E-state index in [0.29, 0.717) is 17.2 Å². The second-order valence-corrected chi connectivity index (χ2v) is 11.9. The largest absolute Gasteiger partial charge is 0.359 e. The molecule has 0 aromatic heterocycles. The van der Waals surface area contributed by atoms with Gasteiger partial charge >= 0.3 is 0 Å². The fourth-order valence-corrected chi connectivity index (χ4v) is 4.73. The number of hydrogen-bond acceptors (Lipinski definition) is 3. The molecule has 3 N–H and O–H groups in total. The third-order valence-electron chi connectivity index (χ3n) is 5.92. The SMILES string of the molecule is CC1C=CC=CC1(NC(=S)NCc1ccc(C(C)(C)C)cc1)c1ccc(NS(C)(=O)=O)c(F)c1. The number of allylic oxidation sites excluding steroid dienone is 2. The van der Waals surface area contributed by atoms with Crippen molar-refractivity contribution in [2.24, 2.45) is 5.92 Å². The molecule has 8 heteroatoms. The van der Waals surface area contributed by atoms with Crippen LogP contribution in [0.2, 0.25) is 0 Å². The van der Waals surface area contributed by atoms with Gasteiger partial charge < -0.3 is 10.6 Å². The van der Waals surface area contributed by atoms with Crippen LogP contribution in [0, 0.1) is 11.7 Å². The van der Waals surface area contributed by atoms with Gasteiger partial charge in [0, 0.05) is 12.5 Å². The predicted molar refractivity (Wildman–Crippen MR) is 142 cm³/mol. The molecule has 0 heterocycles. The van der Waals surface area contributed by atoms with Crippen molar-refractivity contribution in [3.05, 3.63) is 89.3 Å². The van der Waals surface area contributed by atoms with Gasteiger partial charge in [-0.15, -0.1) is 0 Å². The number of thiocarbonyl (C=S) groups is 1. The second-order valence-electron chi connectivity index (χ2n) is 9.73. The highest BCUT2D eigenvalue weighted by Crippen LogP contribution is 2.36. The maximum Gasteiger partial charge on any atom is 0.229 e. The van der Waals surface area contributed by atoms with E-state index in [1.165, 1.54) is 17.7 Å². The average molecular weight is 502 g/mol. The molecule has 0 amide bonds. The standard InChI is InChI=1S/C26H32FN3O2S2/c1-18-8-6-7-15-26(18,21-13-14-23(22(27)16-21)30-34(5,31)32)29-24(33)28-17-19-9-11-20(12-10-19)25(2,3)4/h6-16,18,30H,17H2,1-5H3,(H2,28,29,33). The lowest BCUT2D eigenvalue weighted by atomic mass is 9.76. The predicted octanol–water partition coefficient (Wildman–Crippen LogP) is 5.12. The highest BCUT2D eigenvalue weighted by Gasteiger charge is 2.37. The first-order valence-corrected chi connectivity index (χ1v) is 13.4. The number of rotatable bonds is 6. The summed E-state index contributed by atoms with van der Waals surface area (Å²) in [6.45, 7) is 9.10. The van der Waals surface area contributed by atoms with Crippen LogP contribution in [0.1, 0.15) is 44.4 Å². The Morgan fingerprint density at radius 3 is 2.35 bits per heavy atom.